The minimum Gasteiger partial charge on any atom is -0.315 e. The van der Waals surface area contributed by atoms with Crippen LogP contribution in [0, 0.1) is 0 Å². The Morgan fingerprint density at radius 1 is 1.33 bits per heavy atom. The Morgan fingerprint density at radius 3 is 2.47 bits per heavy atom. The zero-order valence-corrected chi connectivity index (χ0v) is 10.2. The van der Waals surface area contributed by atoms with Crippen LogP contribution >= 0.6 is 0 Å². The standard InChI is InChI=1S/C7H16N2O4S2/c1-14(10,11)5-4-9-15(12,13)7-2-3-8-6-7/h7-9H,2-6H2,1H3. The van der Waals surface area contributed by atoms with Crippen LogP contribution in [-0.2, 0) is 19.9 Å². The molecule has 1 rings (SSSR count). The van der Waals surface area contributed by atoms with Gasteiger partial charge in [0.05, 0.1) is 11.0 Å². The SMILES string of the molecule is CS(=O)(=O)CCNS(=O)(=O)C1CCNC1. The van der Waals surface area contributed by atoms with E-state index in [1.165, 1.54) is 0 Å². The van der Waals surface area contributed by atoms with Crippen molar-refractivity contribution in [2.45, 2.75) is 11.7 Å². The smallest absolute Gasteiger partial charge is 0.215 e. The zero-order chi connectivity index (χ0) is 11.5. The molecule has 0 radical (unpaired) electrons. The fraction of sp³-hybridized carbons (Fsp3) is 1.00. The lowest BCUT2D eigenvalue weighted by atomic mass is 10.4. The van der Waals surface area contributed by atoms with Crippen LogP contribution < -0.4 is 10.0 Å². The summed E-state index contributed by atoms with van der Waals surface area (Å²) in [7, 11) is -6.47. The van der Waals surface area contributed by atoms with E-state index < -0.39 is 25.1 Å². The first-order chi connectivity index (χ1) is 6.81. The van der Waals surface area contributed by atoms with Gasteiger partial charge in [0.2, 0.25) is 10.0 Å². The van der Waals surface area contributed by atoms with Crippen molar-refractivity contribution < 1.29 is 16.8 Å². The molecule has 0 bridgehead atoms. The van der Waals surface area contributed by atoms with E-state index in [1.807, 2.05) is 0 Å². The Kier molecular flexibility index (Phi) is 4.10. The summed E-state index contributed by atoms with van der Waals surface area (Å²) in [4.78, 5) is 0. The quantitative estimate of drug-likeness (QED) is 0.612. The van der Waals surface area contributed by atoms with E-state index in [1.54, 1.807) is 0 Å². The topological polar surface area (TPSA) is 92.3 Å². The first-order valence-corrected chi connectivity index (χ1v) is 8.29. The molecule has 1 saturated heterocycles. The van der Waals surface area contributed by atoms with Crippen LogP contribution in [-0.4, -0.2) is 53.7 Å². The maximum absolute atomic E-state index is 11.6. The van der Waals surface area contributed by atoms with Gasteiger partial charge in [-0.2, -0.15) is 0 Å². The molecule has 0 aliphatic carbocycles. The second-order valence-electron chi connectivity index (χ2n) is 3.68. The third-order valence-corrected chi connectivity index (χ3v) is 5.06. The van der Waals surface area contributed by atoms with Gasteiger partial charge in [0.15, 0.2) is 0 Å². The Labute approximate surface area is 90.4 Å². The second-order valence-corrected chi connectivity index (χ2v) is 7.99. The van der Waals surface area contributed by atoms with Crippen LogP contribution in [0.1, 0.15) is 6.42 Å². The number of sulfone groups is 1. The van der Waals surface area contributed by atoms with Crippen molar-refractivity contribution in [1.29, 1.82) is 0 Å². The van der Waals surface area contributed by atoms with Crippen LogP contribution in [0.3, 0.4) is 0 Å². The van der Waals surface area contributed by atoms with Gasteiger partial charge >= 0.3 is 0 Å². The van der Waals surface area contributed by atoms with Crippen LogP contribution in [0.4, 0.5) is 0 Å². The van der Waals surface area contributed by atoms with Crippen molar-refractivity contribution in [3.8, 4) is 0 Å². The molecule has 1 heterocycles. The highest BCUT2D eigenvalue weighted by molar-refractivity contribution is 7.91. The maximum atomic E-state index is 11.6. The van der Waals surface area contributed by atoms with E-state index in [4.69, 9.17) is 0 Å². The molecule has 0 saturated carbocycles. The highest BCUT2D eigenvalue weighted by atomic mass is 32.2. The second kappa shape index (κ2) is 4.77. The Balaban J connectivity index is 2.43. The summed E-state index contributed by atoms with van der Waals surface area (Å²) < 4.78 is 47.0. The van der Waals surface area contributed by atoms with Gasteiger partial charge in [0.1, 0.15) is 9.84 Å². The van der Waals surface area contributed by atoms with Crippen molar-refractivity contribution in [1.82, 2.24) is 10.0 Å². The number of rotatable bonds is 5. The number of hydrogen-bond acceptors (Lipinski definition) is 5. The van der Waals surface area contributed by atoms with Gasteiger partial charge < -0.3 is 5.32 Å². The summed E-state index contributed by atoms with van der Waals surface area (Å²) in [5.74, 6) is -0.160. The molecule has 0 spiro atoms. The lowest BCUT2D eigenvalue weighted by Gasteiger charge is -2.10. The van der Waals surface area contributed by atoms with Gasteiger partial charge in [-0.1, -0.05) is 0 Å². The molecule has 0 amide bonds. The summed E-state index contributed by atoms with van der Waals surface area (Å²) >= 11 is 0. The van der Waals surface area contributed by atoms with Gasteiger partial charge in [-0.15, -0.1) is 0 Å². The molecule has 0 aromatic rings. The maximum Gasteiger partial charge on any atom is 0.215 e. The van der Waals surface area contributed by atoms with Gasteiger partial charge in [-0.3, -0.25) is 0 Å². The highest BCUT2D eigenvalue weighted by Gasteiger charge is 2.28. The molecule has 0 aromatic carbocycles. The first kappa shape index (κ1) is 12.9. The number of sulfonamides is 1. The molecule has 8 heteroatoms. The van der Waals surface area contributed by atoms with Crippen LogP contribution in [0.25, 0.3) is 0 Å². The molecular weight excluding hydrogens is 240 g/mol. The van der Waals surface area contributed by atoms with E-state index in [0.29, 0.717) is 19.5 Å². The largest absolute Gasteiger partial charge is 0.315 e. The summed E-state index contributed by atoms with van der Waals surface area (Å²) in [5, 5.41) is 2.51. The average molecular weight is 256 g/mol. The minimum absolute atomic E-state index is 0.0440. The van der Waals surface area contributed by atoms with E-state index in [2.05, 4.69) is 10.0 Å². The van der Waals surface area contributed by atoms with Crippen molar-refractivity contribution >= 4 is 19.9 Å². The average Bonchev–Trinajstić information content (AvgIpc) is 2.52. The molecule has 0 aromatic heterocycles. The molecule has 1 unspecified atom stereocenters. The fourth-order valence-electron chi connectivity index (χ4n) is 1.38. The Morgan fingerprint density at radius 2 is 2.00 bits per heavy atom. The molecule has 2 N–H and O–H groups in total. The van der Waals surface area contributed by atoms with Gasteiger partial charge in [0, 0.05) is 19.3 Å². The summed E-state index contributed by atoms with van der Waals surface area (Å²) in [5.41, 5.74) is 0. The predicted molar refractivity (Wildman–Crippen MR) is 57.9 cm³/mol. The van der Waals surface area contributed by atoms with E-state index in [-0.39, 0.29) is 12.3 Å². The number of hydrogen-bond donors (Lipinski definition) is 2. The summed E-state index contributed by atoms with van der Waals surface area (Å²) in [6.07, 6.45) is 1.66. The van der Waals surface area contributed by atoms with Crippen LogP contribution in [0.15, 0.2) is 0 Å². The molecule has 1 aliphatic rings. The van der Waals surface area contributed by atoms with Crippen molar-refractivity contribution in [2.24, 2.45) is 0 Å². The van der Waals surface area contributed by atoms with E-state index >= 15 is 0 Å². The number of nitrogens with one attached hydrogen (secondary N) is 2. The van der Waals surface area contributed by atoms with E-state index in [0.717, 1.165) is 6.26 Å². The monoisotopic (exact) mass is 256 g/mol. The zero-order valence-electron chi connectivity index (χ0n) is 8.56. The lowest BCUT2D eigenvalue weighted by Crippen LogP contribution is -2.37. The van der Waals surface area contributed by atoms with Gasteiger partial charge in [-0.25, -0.2) is 21.6 Å². The van der Waals surface area contributed by atoms with Gasteiger partial charge in [-0.05, 0) is 13.0 Å². The summed E-state index contributed by atoms with van der Waals surface area (Å²) in [6, 6.07) is 0. The lowest BCUT2D eigenvalue weighted by molar-refractivity contribution is 0.569. The van der Waals surface area contributed by atoms with Crippen molar-refractivity contribution in [3.05, 3.63) is 0 Å². The highest BCUT2D eigenvalue weighted by Crippen LogP contribution is 2.07. The Bertz CT molecular complexity index is 395. The molecule has 1 aliphatic heterocycles. The molecule has 1 atom stereocenters. The Hall–Kier alpha value is -0.180. The molecule has 15 heavy (non-hydrogen) atoms. The molecule has 6 nitrogen and oxygen atoms in total. The predicted octanol–water partition coefficient (Wildman–Crippen LogP) is -1.69. The first-order valence-electron chi connectivity index (χ1n) is 4.68. The molecule has 90 valence electrons. The van der Waals surface area contributed by atoms with Crippen LogP contribution in [0.5, 0.6) is 0 Å². The third kappa shape index (κ3) is 4.45. The normalized spacial score (nSPS) is 23.1. The molecular formula is C7H16N2O4S2. The third-order valence-electron chi connectivity index (χ3n) is 2.23. The molecule has 1 fully saturated rings. The fourth-order valence-corrected chi connectivity index (χ4v) is 3.37. The van der Waals surface area contributed by atoms with Gasteiger partial charge in [0.25, 0.3) is 0 Å². The summed E-state index contributed by atoms with van der Waals surface area (Å²) in [6.45, 7) is 1.09. The van der Waals surface area contributed by atoms with E-state index in [9.17, 15) is 16.8 Å². The minimum atomic E-state index is -3.36. The van der Waals surface area contributed by atoms with Crippen molar-refractivity contribution in [3.63, 3.8) is 0 Å². The van der Waals surface area contributed by atoms with Crippen LogP contribution in [0.2, 0.25) is 0 Å². The van der Waals surface area contributed by atoms with Crippen molar-refractivity contribution in [2.75, 3.05) is 31.6 Å².